The van der Waals surface area contributed by atoms with E-state index in [2.05, 4.69) is 23.1 Å². The summed E-state index contributed by atoms with van der Waals surface area (Å²) in [7, 11) is 1.69. The first-order valence-electron chi connectivity index (χ1n) is 6.99. The van der Waals surface area contributed by atoms with Gasteiger partial charge in [-0.3, -0.25) is 4.90 Å². The summed E-state index contributed by atoms with van der Waals surface area (Å²) < 4.78 is 5.33. The number of rotatable bonds is 5. The lowest BCUT2D eigenvalue weighted by molar-refractivity contribution is 0.101. The minimum Gasteiger partial charge on any atom is -0.496 e. The molecular weight excluding hydrogens is 238 g/mol. The molecule has 2 rings (SSSR count). The third kappa shape index (κ3) is 3.82. The van der Waals surface area contributed by atoms with E-state index in [1.807, 2.05) is 18.2 Å². The van der Waals surface area contributed by atoms with Crippen LogP contribution in [0.2, 0.25) is 0 Å². The molecule has 19 heavy (non-hydrogen) atoms. The van der Waals surface area contributed by atoms with Crippen molar-refractivity contribution in [2.45, 2.75) is 25.3 Å². The molecule has 104 valence electrons. The Balaban J connectivity index is 1.95. The zero-order valence-corrected chi connectivity index (χ0v) is 11.6. The van der Waals surface area contributed by atoms with E-state index in [1.165, 1.54) is 12.8 Å². The number of aliphatic hydroxyl groups is 1. The molecule has 1 heterocycles. The summed E-state index contributed by atoms with van der Waals surface area (Å²) in [6.07, 6.45) is 7.84. The quantitative estimate of drug-likeness (QED) is 0.884. The molecular formula is C16H23NO2. The van der Waals surface area contributed by atoms with Gasteiger partial charge in [-0.2, -0.15) is 0 Å². The average Bonchev–Trinajstić information content (AvgIpc) is 2.48. The molecule has 1 fully saturated rings. The summed E-state index contributed by atoms with van der Waals surface area (Å²) in [4.78, 5) is 2.36. The van der Waals surface area contributed by atoms with Crippen molar-refractivity contribution in [1.29, 1.82) is 0 Å². The van der Waals surface area contributed by atoms with Crippen molar-refractivity contribution in [3.05, 3.63) is 35.9 Å². The second kappa shape index (κ2) is 7.31. The SMILES string of the molecule is COc1ccccc1C=CCN1CCCCC1CO. The molecule has 3 nitrogen and oxygen atoms in total. The van der Waals surface area contributed by atoms with Crippen molar-refractivity contribution in [2.75, 3.05) is 26.8 Å². The summed E-state index contributed by atoms with van der Waals surface area (Å²) in [6, 6.07) is 8.34. The maximum atomic E-state index is 9.37. The van der Waals surface area contributed by atoms with Gasteiger partial charge in [-0.15, -0.1) is 0 Å². The summed E-state index contributed by atoms with van der Waals surface area (Å²) >= 11 is 0. The Morgan fingerprint density at radius 2 is 2.21 bits per heavy atom. The van der Waals surface area contributed by atoms with Crippen molar-refractivity contribution in [1.82, 2.24) is 4.90 Å². The first-order valence-corrected chi connectivity index (χ1v) is 6.99. The Kier molecular flexibility index (Phi) is 5.43. The standard InChI is InChI=1S/C16H23NO2/c1-19-16-10-3-2-7-14(16)8-6-12-17-11-5-4-9-15(17)13-18/h2-3,6-8,10,15,18H,4-5,9,11-13H2,1H3. The van der Waals surface area contributed by atoms with Gasteiger partial charge in [-0.05, 0) is 25.5 Å². The molecule has 0 radical (unpaired) electrons. The van der Waals surface area contributed by atoms with E-state index in [4.69, 9.17) is 4.74 Å². The molecule has 1 aromatic rings. The predicted octanol–water partition coefficient (Wildman–Crippen LogP) is 2.56. The van der Waals surface area contributed by atoms with Crippen LogP contribution in [-0.4, -0.2) is 42.9 Å². The van der Waals surface area contributed by atoms with Crippen LogP contribution in [0.1, 0.15) is 24.8 Å². The van der Waals surface area contributed by atoms with E-state index in [0.717, 1.165) is 30.8 Å². The minimum absolute atomic E-state index is 0.266. The molecule has 0 amide bonds. The number of benzene rings is 1. The van der Waals surface area contributed by atoms with Crippen LogP contribution >= 0.6 is 0 Å². The fraction of sp³-hybridized carbons (Fsp3) is 0.500. The molecule has 3 heteroatoms. The Bertz CT molecular complexity index is 417. The lowest BCUT2D eigenvalue weighted by Gasteiger charge is -2.33. The maximum Gasteiger partial charge on any atom is 0.126 e. The minimum atomic E-state index is 0.266. The van der Waals surface area contributed by atoms with Crippen LogP contribution in [0.25, 0.3) is 6.08 Å². The van der Waals surface area contributed by atoms with Gasteiger partial charge in [0.1, 0.15) is 5.75 Å². The third-order valence-electron chi connectivity index (χ3n) is 3.74. The average molecular weight is 261 g/mol. The topological polar surface area (TPSA) is 32.7 Å². The van der Waals surface area contributed by atoms with Gasteiger partial charge in [0, 0.05) is 18.2 Å². The van der Waals surface area contributed by atoms with Crippen molar-refractivity contribution in [2.24, 2.45) is 0 Å². The molecule has 0 saturated carbocycles. The van der Waals surface area contributed by atoms with E-state index in [9.17, 15) is 5.11 Å². The fourth-order valence-electron chi connectivity index (χ4n) is 2.63. The lowest BCUT2D eigenvalue weighted by atomic mass is 10.0. The van der Waals surface area contributed by atoms with Crippen LogP contribution in [0.4, 0.5) is 0 Å². The largest absolute Gasteiger partial charge is 0.496 e. The van der Waals surface area contributed by atoms with Crippen molar-refractivity contribution < 1.29 is 9.84 Å². The van der Waals surface area contributed by atoms with Gasteiger partial charge in [0.2, 0.25) is 0 Å². The molecule has 0 bridgehead atoms. The van der Waals surface area contributed by atoms with Gasteiger partial charge < -0.3 is 9.84 Å². The third-order valence-corrected chi connectivity index (χ3v) is 3.74. The molecule has 1 aliphatic heterocycles. The number of hydrogen-bond donors (Lipinski definition) is 1. The number of ether oxygens (including phenoxy) is 1. The first kappa shape index (κ1) is 14.1. The van der Waals surface area contributed by atoms with E-state index < -0.39 is 0 Å². The number of methoxy groups -OCH3 is 1. The summed E-state index contributed by atoms with van der Waals surface area (Å²) in [6.45, 7) is 2.24. The number of nitrogens with zero attached hydrogens (tertiary/aromatic N) is 1. The van der Waals surface area contributed by atoms with Crippen molar-refractivity contribution >= 4 is 6.08 Å². The second-order valence-corrected chi connectivity index (χ2v) is 4.97. The number of hydrogen-bond acceptors (Lipinski definition) is 3. The second-order valence-electron chi connectivity index (χ2n) is 4.97. The van der Waals surface area contributed by atoms with Crippen LogP contribution in [-0.2, 0) is 0 Å². The summed E-state index contributed by atoms with van der Waals surface area (Å²) in [5.41, 5.74) is 1.10. The van der Waals surface area contributed by atoms with E-state index in [1.54, 1.807) is 7.11 Å². The van der Waals surface area contributed by atoms with Crippen LogP contribution in [0.5, 0.6) is 5.75 Å². The molecule has 0 aromatic heterocycles. The number of likely N-dealkylation sites (tertiary alicyclic amines) is 1. The normalized spacial score (nSPS) is 20.8. The maximum absolute atomic E-state index is 9.37. The molecule has 0 aliphatic carbocycles. The van der Waals surface area contributed by atoms with Crippen molar-refractivity contribution in [3.63, 3.8) is 0 Å². The molecule has 1 atom stereocenters. The van der Waals surface area contributed by atoms with Crippen LogP contribution < -0.4 is 4.74 Å². The van der Waals surface area contributed by atoms with Crippen molar-refractivity contribution in [3.8, 4) is 5.75 Å². The molecule has 1 saturated heterocycles. The number of aliphatic hydroxyl groups excluding tert-OH is 1. The zero-order chi connectivity index (χ0) is 13.5. The number of piperidine rings is 1. The highest BCUT2D eigenvalue weighted by Gasteiger charge is 2.19. The summed E-state index contributed by atoms with van der Waals surface area (Å²) in [5, 5.41) is 9.37. The number of para-hydroxylation sites is 1. The Morgan fingerprint density at radius 3 is 3.00 bits per heavy atom. The molecule has 1 N–H and O–H groups in total. The molecule has 1 aliphatic rings. The van der Waals surface area contributed by atoms with Gasteiger partial charge >= 0.3 is 0 Å². The predicted molar refractivity (Wildman–Crippen MR) is 78.3 cm³/mol. The Labute approximate surface area is 115 Å². The van der Waals surface area contributed by atoms with Gasteiger partial charge in [-0.1, -0.05) is 36.8 Å². The smallest absolute Gasteiger partial charge is 0.126 e. The van der Waals surface area contributed by atoms with E-state index in [-0.39, 0.29) is 6.61 Å². The monoisotopic (exact) mass is 261 g/mol. The Hall–Kier alpha value is -1.32. The fourth-order valence-corrected chi connectivity index (χ4v) is 2.63. The molecule has 1 aromatic carbocycles. The van der Waals surface area contributed by atoms with Gasteiger partial charge in [0.15, 0.2) is 0 Å². The first-order chi connectivity index (χ1) is 9.35. The lowest BCUT2D eigenvalue weighted by Crippen LogP contribution is -2.41. The molecule has 1 unspecified atom stereocenters. The van der Waals surface area contributed by atoms with E-state index >= 15 is 0 Å². The Morgan fingerprint density at radius 1 is 1.37 bits per heavy atom. The van der Waals surface area contributed by atoms with Gasteiger partial charge in [0.05, 0.1) is 13.7 Å². The zero-order valence-electron chi connectivity index (χ0n) is 11.6. The highest BCUT2D eigenvalue weighted by Crippen LogP contribution is 2.20. The molecule has 0 spiro atoms. The van der Waals surface area contributed by atoms with Gasteiger partial charge in [-0.25, -0.2) is 0 Å². The van der Waals surface area contributed by atoms with Gasteiger partial charge in [0.25, 0.3) is 0 Å². The summed E-state index contributed by atoms with van der Waals surface area (Å²) in [5.74, 6) is 0.899. The van der Waals surface area contributed by atoms with Crippen LogP contribution in [0.3, 0.4) is 0 Å². The highest BCUT2D eigenvalue weighted by atomic mass is 16.5. The van der Waals surface area contributed by atoms with E-state index in [0.29, 0.717) is 6.04 Å². The van der Waals surface area contributed by atoms with Crippen LogP contribution in [0.15, 0.2) is 30.3 Å². The van der Waals surface area contributed by atoms with Crippen LogP contribution in [0, 0.1) is 0 Å². The highest BCUT2D eigenvalue weighted by molar-refractivity contribution is 5.57.